The first kappa shape index (κ1) is 12.8. The number of thioether (sulfide) groups is 1. The lowest BCUT2D eigenvalue weighted by Crippen LogP contribution is -2.00. The maximum Gasteiger partial charge on any atom is 0.446 e. The molecular formula is C13H10F3NS. The van der Waals surface area contributed by atoms with Gasteiger partial charge >= 0.3 is 5.51 Å². The Labute approximate surface area is 107 Å². The molecule has 2 aromatic rings. The first-order valence-corrected chi connectivity index (χ1v) is 5.98. The van der Waals surface area contributed by atoms with E-state index in [0.717, 1.165) is 5.56 Å². The van der Waals surface area contributed by atoms with Crippen LogP contribution in [0.2, 0.25) is 0 Å². The van der Waals surface area contributed by atoms with Crippen molar-refractivity contribution >= 4 is 17.4 Å². The predicted molar refractivity (Wildman–Crippen MR) is 68.2 cm³/mol. The molecule has 94 valence electrons. The fourth-order valence-corrected chi connectivity index (χ4v) is 2.34. The molecule has 0 heterocycles. The average molecular weight is 269 g/mol. The highest BCUT2D eigenvalue weighted by molar-refractivity contribution is 8.00. The number of alkyl halides is 3. The minimum absolute atomic E-state index is 0.119. The minimum atomic E-state index is -4.32. The molecule has 0 aliphatic heterocycles. The molecule has 0 aliphatic rings. The van der Waals surface area contributed by atoms with Gasteiger partial charge in [0, 0.05) is 10.6 Å². The number of hydrogen-bond acceptors (Lipinski definition) is 2. The van der Waals surface area contributed by atoms with Crippen LogP contribution in [0.5, 0.6) is 0 Å². The lowest BCUT2D eigenvalue weighted by atomic mass is 10.1. The fraction of sp³-hybridized carbons (Fsp3) is 0.0769. The molecule has 0 spiro atoms. The maximum atomic E-state index is 12.5. The van der Waals surface area contributed by atoms with Crippen molar-refractivity contribution in [1.29, 1.82) is 0 Å². The summed E-state index contributed by atoms with van der Waals surface area (Å²) in [5.41, 5.74) is 2.82. The van der Waals surface area contributed by atoms with Crippen molar-refractivity contribution in [3.63, 3.8) is 0 Å². The first-order valence-electron chi connectivity index (χ1n) is 5.16. The summed E-state index contributed by atoms with van der Waals surface area (Å²) in [7, 11) is 0. The van der Waals surface area contributed by atoms with E-state index in [4.69, 9.17) is 5.73 Å². The smallest absolute Gasteiger partial charge is 0.399 e. The van der Waals surface area contributed by atoms with Gasteiger partial charge in [0.2, 0.25) is 0 Å². The van der Waals surface area contributed by atoms with E-state index < -0.39 is 5.51 Å². The Hall–Kier alpha value is -1.62. The van der Waals surface area contributed by atoms with E-state index in [1.165, 1.54) is 6.07 Å². The van der Waals surface area contributed by atoms with E-state index in [1.807, 2.05) is 6.07 Å². The molecule has 0 fully saturated rings. The van der Waals surface area contributed by atoms with Gasteiger partial charge in [0.15, 0.2) is 0 Å². The SMILES string of the molecule is Nc1ccc(-c2ccccc2)c(SC(F)(F)F)c1. The zero-order chi connectivity index (χ0) is 13.2. The molecule has 0 unspecified atom stereocenters. The third-order valence-electron chi connectivity index (χ3n) is 2.32. The molecule has 2 aromatic carbocycles. The summed E-state index contributed by atoms with van der Waals surface area (Å²) >= 11 is -0.144. The standard InChI is InChI=1S/C13H10F3NS/c14-13(15,16)18-12-8-10(17)6-7-11(12)9-4-2-1-3-5-9/h1-8H,17H2. The molecule has 0 aromatic heterocycles. The van der Waals surface area contributed by atoms with Crippen LogP contribution in [0.25, 0.3) is 11.1 Å². The molecule has 0 saturated carbocycles. The van der Waals surface area contributed by atoms with Gasteiger partial charge in [-0.1, -0.05) is 36.4 Å². The number of nitrogens with two attached hydrogens (primary N) is 1. The second-order valence-corrected chi connectivity index (χ2v) is 4.78. The molecule has 0 atom stereocenters. The van der Waals surface area contributed by atoms with Crippen LogP contribution in [0.1, 0.15) is 0 Å². The number of rotatable bonds is 2. The Bertz CT molecular complexity index is 538. The summed E-state index contributed by atoms with van der Waals surface area (Å²) in [6, 6.07) is 13.5. The van der Waals surface area contributed by atoms with Crippen LogP contribution in [0.15, 0.2) is 53.4 Å². The number of halogens is 3. The number of anilines is 1. The van der Waals surface area contributed by atoms with Crippen LogP contribution < -0.4 is 5.73 Å². The van der Waals surface area contributed by atoms with Crippen molar-refractivity contribution in [3.05, 3.63) is 48.5 Å². The van der Waals surface area contributed by atoms with E-state index in [1.54, 1.807) is 36.4 Å². The van der Waals surface area contributed by atoms with Gasteiger partial charge in [0.1, 0.15) is 0 Å². The van der Waals surface area contributed by atoms with Crippen molar-refractivity contribution in [3.8, 4) is 11.1 Å². The second-order valence-electron chi connectivity index (χ2n) is 3.67. The van der Waals surface area contributed by atoms with E-state index in [0.29, 0.717) is 11.3 Å². The van der Waals surface area contributed by atoms with E-state index in [-0.39, 0.29) is 16.7 Å². The lowest BCUT2D eigenvalue weighted by Gasteiger charge is -2.12. The molecule has 0 aliphatic carbocycles. The van der Waals surface area contributed by atoms with Crippen LogP contribution in [-0.2, 0) is 0 Å². The van der Waals surface area contributed by atoms with Crippen molar-refractivity contribution in [1.82, 2.24) is 0 Å². The van der Waals surface area contributed by atoms with Gasteiger partial charge in [0.25, 0.3) is 0 Å². The van der Waals surface area contributed by atoms with Crippen LogP contribution in [-0.4, -0.2) is 5.51 Å². The highest BCUT2D eigenvalue weighted by Crippen LogP contribution is 2.42. The average Bonchev–Trinajstić information content (AvgIpc) is 2.28. The minimum Gasteiger partial charge on any atom is -0.399 e. The number of hydrogen-bond donors (Lipinski definition) is 1. The molecule has 18 heavy (non-hydrogen) atoms. The quantitative estimate of drug-likeness (QED) is 0.639. The largest absolute Gasteiger partial charge is 0.446 e. The van der Waals surface area contributed by atoms with Crippen LogP contribution in [0.3, 0.4) is 0 Å². The summed E-state index contributed by atoms with van der Waals surface area (Å²) in [6.45, 7) is 0. The van der Waals surface area contributed by atoms with Crippen LogP contribution >= 0.6 is 11.8 Å². The third-order valence-corrected chi connectivity index (χ3v) is 3.11. The predicted octanol–water partition coefficient (Wildman–Crippen LogP) is 4.55. The zero-order valence-electron chi connectivity index (χ0n) is 9.24. The third kappa shape index (κ3) is 3.20. The molecule has 5 heteroatoms. The van der Waals surface area contributed by atoms with Crippen molar-refractivity contribution in [2.45, 2.75) is 10.4 Å². The van der Waals surface area contributed by atoms with Gasteiger partial charge in [0.05, 0.1) is 0 Å². The summed E-state index contributed by atoms with van der Waals surface area (Å²) in [4.78, 5) is 0.119. The monoisotopic (exact) mass is 269 g/mol. The summed E-state index contributed by atoms with van der Waals surface area (Å²) in [6.07, 6.45) is 0. The zero-order valence-corrected chi connectivity index (χ0v) is 10.1. The lowest BCUT2D eigenvalue weighted by molar-refractivity contribution is -0.0327. The number of nitrogen functional groups attached to an aromatic ring is 1. The van der Waals surface area contributed by atoms with Crippen molar-refractivity contribution < 1.29 is 13.2 Å². The highest BCUT2D eigenvalue weighted by atomic mass is 32.2. The Morgan fingerprint density at radius 3 is 2.22 bits per heavy atom. The first-order chi connectivity index (χ1) is 8.46. The van der Waals surface area contributed by atoms with Gasteiger partial charge in [-0.3, -0.25) is 0 Å². The topological polar surface area (TPSA) is 26.0 Å². The summed E-state index contributed by atoms with van der Waals surface area (Å²) in [5, 5.41) is 0. The Kier molecular flexibility index (Phi) is 3.52. The van der Waals surface area contributed by atoms with E-state index in [2.05, 4.69) is 0 Å². The van der Waals surface area contributed by atoms with Gasteiger partial charge in [-0.15, -0.1) is 0 Å². The Morgan fingerprint density at radius 2 is 1.61 bits per heavy atom. The Morgan fingerprint density at radius 1 is 0.944 bits per heavy atom. The molecule has 0 radical (unpaired) electrons. The molecule has 0 bridgehead atoms. The molecule has 1 nitrogen and oxygen atoms in total. The number of benzene rings is 2. The summed E-state index contributed by atoms with van der Waals surface area (Å²) in [5.74, 6) is 0. The molecule has 2 rings (SSSR count). The van der Waals surface area contributed by atoms with Gasteiger partial charge < -0.3 is 5.73 Å². The van der Waals surface area contributed by atoms with Crippen molar-refractivity contribution in [2.75, 3.05) is 5.73 Å². The maximum absolute atomic E-state index is 12.5. The van der Waals surface area contributed by atoms with Crippen molar-refractivity contribution in [2.24, 2.45) is 0 Å². The van der Waals surface area contributed by atoms with Crippen LogP contribution in [0.4, 0.5) is 18.9 Å². The Balaban J connectivity index is 2.47. The fourth-order valence-electron chi connectivity index (χ4n) is 1.60. The highest BCUT2D eigenvalue weighted by Gasteiger charge is 2.30. The molecule has 0 amide bonds. The van der Waals surface area contributed by atoms with E-state index in [9.17, 15) is 13.2 Å². The van der Waals surface area contributed by atoms with E-state index >= 15 is 0 Å². The second kappa shape index (κ2) is 4.94. The van der Waals surface area contributed by atoms with Gasteiger partial charge in [-0.25, -0.2) is 0 Å². The normalized spacial score (nSPS) is 11.5. The van der Waals surface area contributed by atoms with Crippen LogP contribution in [0, 0.1) is 0 Å². The molecular weight excluding hydrogens is 259 g/mol. The van der Waals surface area contributed by atoms with Gasteiger partial charge in [-0.05, 0) is 35.0 Å². The molecule has 2 N–H and O–H groups in total. The summed E-state index contributed by atoms with van der Waals surface area (Å²) < 4.78 is 37.5. The van der Waals surface area contributed by atoms with Gasteiger partial charge in [-0.2, -0.15) is 13.2 Å². The molecule has 0 saturated heterocycles.